The highest BCUT2D eigenvalue weighted by Gasteiger charge is 2.51. The van der Waals surface area contributed by atoms with Gasteiger partial charge in [-0.2, -0.15) is 0 Å². The maximum Gasteiger partial charge on any atom is 0.132 e. The normalized spacial score (nSPS) is 14.6. The second-order valence-corrected chi connectivity index (χ2v) is 15.5. The zero-order valence-electron chi connectivity index (χ0n) is 33.4. The first-order valence-electron chi connectivity index (χ1n) is 20.8. The van der Waals surface area contributed by atoms with Gasteiger partial charge in [-0.05, 0) is 102 Å². The van der Waals surface area contributed by atoms with Crippen LogP contribution in [0.5, 0.6) is 11.5 Å². The highest BCUT2D eigenvalue weighted by Crippen LogP contribution is 2.63. The molecule has 2 aliphatic carbocycles. The summed E-state index contributed by atoms with van der Waals surface area (Å²) >= 11 is 0. The van der Waals surface area contributed by atoms with Gasteiger partial charge < -0.3 is 14.2 Å². The molecule has 3 aliphatic rings. The van der Waals surface area contributed by atoms with Crippen molar-refractivity contribution in [2.24, 2.45) is 0 Å². The summed E-state index contributed by atoms with van der Waals surface area (Å²) in [5.74, 6) is 1.77. The number of anilines is 2. The molecule has 7 aromatic carbocycles. The minimum Gasteiger partial charge on any atom is -0.457 e. The Kier molecular flexibility index (Phi) is 8.67. The summed E-state index contributed by atoms with van der Waals surface area (Å²) in [5.41, 5.74) is 15.8. The number of allylic oxidation sites excluding steroid dienone is 8. The van der Waals surface area contributed by atoms with Crippen LogP contribution in [0.3, 0.4) is 0 Å². The number of fused-ring (bicyclic) bond motifs is 10. The number of nitrogens with zero attached hydrogens (tertiary/aromatic N) is 2. The number of hydrogen-bond donors (Lipinski definition) is 0. The highest BCUT2D eigenvalue weighted by atomic mass is 16.5. The van der Waals surface area contributed by atoms with Crippen LogP contribution < -0.4 is 9.64 Å². The van der Waals surface area contributed by atoms with Crippen molar-refractivity contribution < 1.29 is 4.74 Å². The van der Waals surface area contributed by atoms with E-state index >= 15 is 0 Å². The highest BCUT2D eigenvalue weighted by molar-refractivity contribution is 5.99. The number of benzene rings is 7. The molecule has 1 spiro atoms. The maximum absolute atomic E-state index is 6.67. The Balaban J connectivity index is 1.18. The van der Waals surface area contributed by atoms with Crippen molar-refractivity contribution >= 4 is 33.9 Å². The molecule has 0 N–H and O–H groups in total. The molecule has 0 saturated carbocycles. The fourth-order valence-electron chi connectivity index (χ4n) is 9.73. The Morgan fingerprint density at radius 3 is 2.12 bits per heavy atom. The van der Waals surface area contributed by atoms with Crippen LogP contribution in [-0.2, 0) is 5.41 Å². The maximum atomic E-state index is 6.67. The molecule has 11 rings (SSSR count). The SMILES string of the molecule is C/C=C\C(=C/c1cn(-c2ccccc2)c2ccccc12)N(c1ccc(C2=CCC=CC=C2)cc1)c1cccc2c1-c1ccccc1C21c2ccccc2Oc2ccccc21. The number of rotatable bonds is 7. The molecule has 1 aliphatic heterocycles. The molecule has 0 radical (unpaired) electrons. The van der Waals surface area contributed by atoms with Crippen molar-refractivity contribution in [2.45, 2.75) is 18.8 Å². The van der Waals surface area contributed by atoms with Gasteiger partial charge in [-0.1, -0.05) is 158 Å². The van der Waals surface area contributed by atoms with Gasteiger partial charge >= 0.3 is 0 Å². The summed E-state index contributed by atoms with van der Waals surface area (Å²) in [5, 5.41) is 1.19. The fraction of sp³-hybridized carbons (Fsp3) is 0.0526. The fourth-order valence-corrected chi connectivity index (χ4v) is 9.73. The smallest absolute Gasteiger partial charge is 0.132 e. The third-order valence-corrected chi connectivity index (χ3v) is 12.2. The molecule has 0 fully saturated rings. The zero-order chi connectivity index (χ0) is 40.0. The zero-order valence-corrected chi connectivity index (χ0v) is 33.4. The van der Waals surface area contributed by atoms with Crippen LogP contribution in [0.2, 0.25) is 0 Å². The number of aromatic nitrogens is 1. The van der Waals surface area contributed by atoms with Gasteiger partial charge in [-0.25, -0.2) is 0 Å². The van der Waals surface area contributed by atoms with E-state index in [2.05, 4.69) is 241 Å². The molecule has 60 heavy (non-hydrogen) atoms. The molecular weight excluding hydrogens is 729 g/mol. The quantitative estimate of drug-likeness (QED) is 0.150. The molecule has 8 aromatic rings. The Bertz CT molecular complexity index is 3060. The summed E-state index contributed by atoms with van der Waals surface area (Å²) in [6, 6.07) is 61.4. The lowest BCUT2D eigenvalue weighted by molar-refractivity contribution is 0.436. The van der Waals surface area contributed by atoms with E-state index in [1.165, 1.54) is 44.3 Å². The molecule has 0 amide bonds. The van der Waals surface area contributed by atoms with E-state index in [1.807, 2.05) is 0 Å². The van der Waals surface area contributed by atoms with E-state index in [9.17, 15) is 0 Å². The van der Waals surface area contributed by atoms with Crippen LogP contribution in [0.25, 0.3) is 39.4 Å². The third kappa shape index (κ3) is 5.58. The van der Waals surface area contributed by atoms with Crippen molar-refractivity contribution in [3.8, 4) is 28.3 Å². The summed E-state index contributed by atoms with van der Waals surface area (Å²) in [6.07, 6.45) is 20.9. The van der Waals surface area contributed by atoms with Crippen LogP contribution in [0.15, 0.2) is 224 Å². The van der Waals surface area contributed by atoms with Gasteiger partial charge in [0.2, 0.25) is 0 Å². The minimum atomic E-state index is -0.581. The standard InChI is InChI=1S/C57H42N2O/c1-2-19-45(38-42-39-58(43-22-8-5-9-23-43)52-30-15-11-24-46(42)52)59(44-36-34-41(35-37-44)40-20-6-3-4-7-21-40)53-31-18-29-51-56(53)47-25-10-12-26-48(47)57(51)49-27-13-16-32-54(49)60-55-33-17-14-28-50(55)57/h2-6,8-39H,7H2,1H3/b19-2-,45-38+. The molecule has 286 valence electrons. The Morgan fingerprint density at radius 1 is 0.650 bits per heavy atom. The summed E-state index contributed by atoms with van der Waals surface area (Å²) < 4.78 is 8.97. The summed E-state index contributed by atoms with van der Waals surface area (Å²) in [7, 11) is 0. The third-order valence-electron chi connectivity index (χ3n) is 12.2. The Morgan fingerprint density at radius 2 is 1.33 bits per heavy atom. The monoisotopic (exact) mass is 770 g/mol. The van der Waals surface area contributed by atoms with Gasteiger partial charge in [0, 0.05) is 50.9 Å². The van der Waals surface area contributed by atoms with Crippen LogP contribution in [0, 0.1) is 0 Å². The molecule has 0 unspecified atom stereocenters. The van der Waals surface area contributed by atoms with Gasteiger partial charge in [-0.15, -0.1) is 0 Å². The van der Waals surface area contributed by atoms with Crippen molar-refractivity contribution in [1.29, 1.82) is 0 Å². The number of hydrogen-bond acceptors (Lipinski definition) is 2. The van der Waals surface area contributed by atoms with Crippen molar-refractivity contribution in [3.05, 3.63) is 258 Å². The molecule has 0 saturated heterocycles. The predicted octanol–water partition coefficient (Wildman–Crippen LogP) is 14.8. The largest absolute Gasteiger partial charge is 0.457 e. The minimum absolute atomic E-state index is 0.581. The average molecular weight is 771 g/mol. The first kappa shape index (κ1) is 35.5. The van der Waals surface area contributed by atoms with E-state index in [4.69, 9.17) is 4.74 Å². The predicted molar refractivity (Wildman–Crippen MR) is 249 cm³/mol. The first-order valence-corrected chi connectivity index (χ1v) is 20.8. The number of ether oxygens (including phenoxy) is 1. The van der Waals surface area contributed by atoms with Crippen LogP contribution in [0.1, 0.15) is 46.7 Å². The molecule has 1 aromatic heterocycles. The topological polar surface area (TPSA) is 17.4 Å². The summed E-state index contributed by atoms with van der Waals surface area (Å²) in [4.78, 5) is 2.46. The lowest BCUT2D eigenvalue weighted by Crippen LogP contribution is -2.32. The Labute approximate surface area is 351 Å². The molecule has 0 bridgehead atoms. The lowest BCUT2D eigenvalue weighted by Gasteiger charge is -2.39. The second-order valence-electron chi connectivity index (χ2n) is 15.5. The Hall–Kier alpha value is -7.62. The van der Waals surface area contributed by atoms with Gasteiger partial charge in [0.05, 0.1) is 16.6 Å². The second kappa shape index (κ2) is 14.6. The van der Waals surface area contributed by atoms with E-state index in [0.717, 1.165) is 57.4 Å². The van der Waals surface area contributed by atoms with E-state index in [1.54, 1.807) is 0 Å². The van der Waals surface area contributed by atoms with E-state index < -0.39 is 5.41 Å². The molecule has 2 heterocycles. The van der Waals surface area contributed by atoms with Crippen molar-refractivity contribution in [1.82, 2.24) is 4.57 Å². The van der Waals surface area contributed by atoms with Gasteiger partial charge in [0.25, 0.3) is 0 Å². The number of para-hydroxylation sites is 4. The molecule has 3 heteroatoms. The van der Waals surface area contributed by atoms with Gasteiger partial charge in [0.15, 0.2) is 0 Å². The molecular formula is C57H42N2O. The van der Waals surface area contributed by atoms with E-state index in [0.29, 0.717) is 0 Å². The molecule has 0 atom stereocenters. The van der Waals surface area contributed by atoms with Crippen molar-refractivity contribution in [2.75, 3.05) is 4.90 Å². The van der Waals surface area contributed by atoms with Gasteiger partial charge in [0.1, 0.15) is 11.5 Å². The van der Waals surface area contributed by atoms with Crippen LogP contribution in [-0.4, -0.2) is 4.57 Å². The average Bonchev–Trinajstić information content (AvgIpc) is 3.66. The van der Waals surface area contributed by atoms with E-state index in [-0.39, 0.29) is 0 Å². The van der Waals surface area contributed by atoms with Gasteiger partial charge in [-0.3, -0.25) is 0 Å². The van der Waals surface area contributed by atoms with Crippen LogP contribution >= 0.6 is 0 Å². The summed E-state index contributed by atoms with van der Waals surface area (Å²) in [6.45, 7) is 2.11. The van der Waals surface area contributed by atoms with Crippen LogP contribution in [0.4, 0.5) is 11.4 Å². The first-order chi connectivity index (χ1) is 29.7. The lowest BCUT2D eigenvalue weighted by atomic mass is 9.66. The van der Waals surface area contributed by atoms with Crippen molar-refractivity contribution in [3.63, 3.8) is 0 Å². The molecule has 3 nitrogen and oxygen atoms in total.